The number of aliphatic hydroxyl groups is 1. The molecule has 100 valence electrons. The molecule has 1 saturated carbocycles. The zero-order chi connectivity index (χ0) is 13.1. The van der Waals surface area contributed by atoms with Gasteiger partial charge in [0.05, 0.1) is 5.60 Å². The number of rotatable bonds is 5. The first-order valence-corrected chi connectivity index (χ1v) is 7.25. The van der Waals surface area contributed by atoms with Crippen LogP contribution >= 0.6 is 0 Å². The lowest BCUT2D eigenvalue weighted by Crippen LogP contribution is -2.43. The minimum absolute atomic E-state index is 0.423. The van der Waals surface area contributed by atoms with Gasteiger partial charge in [-0.25, -0.2) is 0 Å². The highest BCUT2D eigenvalue weighted by atomic mass is 16.3. The van der Waals surface area contributed by atoms with Crippen molar-refractivity contribution < 1.29 is 5.11 Å². The van der Waals surface area contributed by atoms with Crippen LogP contribution in [0.3, 0.4) is 0 Å². The van der Waals surface area contributed by atoms with E-state index in [0.29, 0.717) is 23.7 Å². The van der Waals surface area contributed by atoms with E-state index in [-0.39, 0.29) is 0 Å². The molecule has 0 amide bonds. The molecule has 1 nitrogen and oxygen atoms in total. The normalized spacial score (nSPS) is 35.9. The first kappa shape index (κ1) is 14.8. The molecule has 0 aromatic heterocycles. The summed E-state index contributed by atoms with van der Waals surface area (Å²) in [6, 6.07) is 0. The molecular formula is C16H30O. The van der Waals surface area contributed by atoms with Crippen LogP contribution in [-0.4, -0.2) is 10.7 Å². The second-order valence-corrected chi connectivity index (χ2v) is 6.44. The maximum absolute atomic E-state index is 10.8. The molecule has 0 unspecified atom stereocenters. The maximum atomic E-state index is 10.8. The zero-order valence-electron chi connectivity index (χ0n) is 12.1. The Morgan fingerprint density at radius 1 is 1.41 bits per heavy atom. The van der Waals surface area contributed by atoms with Gasteiger partial charge in [-0.05, 0) is 42.9 Å². The van der Waals surface area contributed by atoms with Crippen molar-refractivity contribution in [1.82, 2.24) is 0 Å². The first-order chi connectivity index (χ1) is 7.90. The van der Waals surface area contributed by atoms with Crippen molar-refractivity contribution in [2.45, 2.75) is 65.4 Å². The summed E-state index contributed by atoms with van der Waals surface area (Å²) in [6.45, 7) is 12.9. The number of allylic oxidation sites excluding steroid dienone is 1. The van der Waals surface area contributed by atoms with Gasteiger partial charge in [0.2, 0.25) is 0 Å². The molecule has 4 atom stereocenters. The van der Waals surface area contributed by atoms with Crippen molar-refractivity contribution in [2.75, 3.05) is 0 Å². The van der Waals surface area contributed by atoms with Crippen LogP contribution in [0.5, 0.6) is 0 Å². The Kier molecular flexibility index (Phi) is 5.24. The number of hydrogen-bond donors (Lipinski definition) is 1. The van der Waals surface area contributed by atoms with E-state index in [9.17, 15) is 5.11 Å². The van der Waals surface area contributed by atoms with Crippen LogP contribution in [-0.2, 0) is 0 Å². The summed E-state index contributed by atoms with van der Waals surface area (Å²) in [6.07, 6.45) is 7.52. The third-order valence-electron chi connectivity index (χ3n) is 5.04. The lowest BCUT2D eigenvalue weighted by Gasteiger charge is -2.42. The van der Waals surface area contributed by atoms with Gasteiger partial charge in [0.1, 0.15) is 0 Å². The Hall–Kier alpha value is -0.300. The molecule has 0 aromatic carbocycles. The average molecular weight is 238 g/mol. The fourth-order valence-electron chi connectivity index (χ4n) is 3.23. The van der Waals surface area contributed by atoms with Gasteiger partial charge in [-0.2, -0.15) is 0 Å². The minimum atomic E-state index is -0.423. The van der Waals surface area contributed by atoms with Crippen LogP contribution in [0, 0.1) is 23.7 Å². The van der Waals surface area contributed by atoms with Crippen molar-refractivity contribution in [3.63, 3.8) is 0 Å². The van der Waals surface area contributed by atoms with Crippen molar-refractivity contribution in [2.24, 2.45) is 23.7 Å². The Morgan fingerprint density at radius 3 is 2.59 bits per heavy atom. The molecule has 0 heterocycles. The molecule has 1 fully saturated rings. The molecular weight excluding hydrogens is 208 g/mol. The highest BCUT2D eigenvalue weighted by molar-refractivity contribution is 4.93. The highest BCUT2D eigenvalue weighted by Crippen LogP contribution is 2.41. The Labute approximate surface area is 107 Å². The Morgan fingerprint density at radius 2 is 2.06 bits per heavy atom. The van der Waals surface area contributed by atoms with E-state index in [1.807, 2.05) is 0 Å². The lowest BCUT2D eigenvalue weighted by atomic mass is 9.68. The smallest absolute Gasteiger partial charge is 0.0676 e. The predicted molar refractivity (Wildman–Crippen MR) is 74.9 cm³/mol. The van der Waals surface area contributed by atoms with Gasteiger partial charge in [0, 0.05) is 0 Å². The zero-order valence-corrected chi connectivity index (χ0v) is 12.1. The van der Waals surface area contributed by atoms with E-state index in [4.69, 9.17) is 0 Å². The average Bonchev–Trinajstić information content (AvgIpc) is 2.26. The molecule has 0 radical (unpaired) electrons. The van der Waals surface area contributed by atoms with Crippen molar-refractivity contribution >= 4 is 0 Å². The fraction of sp³-hybridized carbons (Fsp3) is 0.875. The van der Waals surface area contributed by atoms with Gasteiger partial charge in [0.25, 0.3) is 0 Å². The highest BCUT2D eigenvalue weighted by Gasteiger charge is 2.39. The summed E-state index contributed by atoms with van der Waals surface area (Å²) in [5.74, 6) is 2.28. The molecule has 0 spiro atoms. The van der Waals surface area contributed by atoms with Gasteiger partial charge in [-0.1, -0.05) is 46.6 Å². The second kappa shape index (κ2) is 6.04. The largest absolute Gasteiger partial charge is 0.390 e. The summed E-state index contributed by atoms with van der Waals surface area (Å²) >= 11 is 0. The molecule has 1 N–H and O–H groups in total. The summed E-state index contributed by atoms with van der Waals surface area (Å²) in [5, 5.41) is 10.8. The van der Waals surface area contributed by atoms with Crippen molar-refractivity contribution in [3.05, 3.63) is 12.7 Å². The predicted octanol–water partition coefficient (Wildman–Crippen LogP) is 4.41. The molecule has 0 aromatic rings. The van der Waals surface area contributed by atoms with E-state index in [2.05, 4.69) is 40.3 Å². The molecule has 0 bridgehead atoms. The summed E-state index contributed by atoms with van der Waals surface area (Å²) in [5.41, 5.74) is -0.423. The quantitative estimate of drug-likeness (QED) is 0.703. The molecule has 1 heteroatoms. The van der Waals surface area contributed by atoms with E-state index in [1.54, 1.807) is 0 Å². The van der Waals surface area contributed by atoms with E-state index >= 15 is 0 Å². The van der Waals surface area contributed by atoms with Gasteiger partial charge in [-0.3, -0.25) is 0 Å². The van der Waals surface area contributed by atoms with Gasteiger partial charge < -0.3 is 5.11 Å². The van der Waals surface area contributed by atoms with Crippen LogP contribution in [0.15, 0.2) is 12.7 Å². The summed E-state index contributed by atoms with van der Waals surface area (Å²) in [7, 11) is 0. The van der Waals surface area contributed by atoms with Crippen molar-refractivity contribution in [3.8, 4) is 0 Å². The Balaban J connectivity index is 2.56. The lowest BCUT2D eigenvalue weighted by molar-refractivity contribution is -0.0722. The minimum Gasteiger partial charge on any atom is -0.390 e. The van der Waals surface area contributed by atoms with Crippen LogP contribution < -0.4 is 0 Å². The summed E-state index contributed by atoms with van der Waals surface area (Å²) < 4.78 is 0. The van der Waals surface area contributed by atoms with E-state index in [0.717, 1.165) is 19.3 Å². The van der Waals surface area contributed by atoms with Crippen LogP contribution in [0.2, 0.25) is 0 Å². The number of hydrogen-bond acceptors (Lipinski definition) is 1. The van der Waals surface area contributed by atoms with Crippen LogP contribution in [0.25, 0.3) is 0 Å². The third-order valence-corrected chi connectivity index (χ3v) is 5.04. The topological polar surface area (TPSA) is 20.2 Å². The van der Waals surface area contributed by atoms with Gasteiger partial charge in [-0.15, -0.1) is 6.58 Å². The van der Waals surface area contributed by atoms with Gasteiger partial charge >= 0.3 is 0 Å². The summed E-state index contributed by atoms with van der Waals surface area (Å²) in [4.78, 5) is 0. The van der Waals surface area contributed by atoms with E-state index < -0.39 is 5.60 Å². The Bertz CT molecular complexity index is 246. The van der Waals surface area contributed by atoms with E-state index in [1.165, 1.54) is 12.8 Å². The van der Waals surface area contributed by atoms with Crippen molar-refractivity contribution in [1.29, 1.82) is 0 Å². The SMILES string of the molecule is C=C[C@@H](CC[C@@]1(O)CCC[C@@H](C)[C@@H]1C)C(C)C. The molecule has 0 saturated heterocycles. The monoisotopic (exact) mass is 238 g/mol. The third kappa shape index (κ3) is 3.58. The fourth-order valence-corrected chi connectivity index (χ4v) is 3.23. The molecule has 1 aliphatic carbocycles. The van der Waals surface area contributed by atoms with Gasteiger partial charge in [0.15, 0.2) is 0 Å². The molecule has 1 rings (SSSR count). The van der Waals surface area contributed by atoms with Crippen LogP contribution in [0.1, 0.15) is 59.8 Å². The first-order valence-electron chi connectivity index (χ1n) is 7.25. The molecule has 0 aliphatic heterocycles. The van der Waals surface area contributed by atoms with Crippen LogP contribution in [0.4, 0.5) is 0 Å². The molecule has 1 aliphatic rings. The molecule has 17 heavy (non-hydrogen) atoms. The standard InChI is InChI=1S/C16H30O/c1-6-15(12(2)3)9-11-16(17)10-7-8-13(4)14(16)5/h6,12-15,17H,1,7-11H2,2-5H3/t13-,14+,15+,16+/m1/s1. The maximum Gasteiger partial charge on any atom is 0.0676 e. The second-order valence-electron chi connectivity index (χ2n) is 6.44.